The lowest BCUT2D eigenvalue weighted by Gasteiger charge is -2.32. The Hall–Kier alpha value is 0.1000. The van der Waals surface area contributed by atoms with Crippen molar-refractivity contribution in [2.75, 3.05) is 13.1 Å². The van der Waals surface area contributed by atoms with Gasteiger partial charge in [-0.05, 0) is 48.5 Å². The van der Waals surface area contributed by atoms with E-state index in [-0.39, 0.29) is 0 Å². The Kier molecular flexibility index (Phi) is 5.26. The maximum Gasteiger partial charge on any atom is 0.0702 e. The lowest BCUT2D eigenvalue weighted by atomic mass is 10.1. The molecule has 0 fully saturated rings. The first-order valence-corrected chi connectivity index (χ1v) is 6.92. The summed E-state index contributed by atoms with van der Waals surface area (Å²) in [6.07, 6.45) is 0. The average molecular weight is 291 g/mol. The molecule has 1 aromatic rings. The topological polar surface area (TPSA) is 29.3 Å². The molecule has 1 heterocycles. The minimum atomic E-state index is 0.353. The van der Waals surface area contributed by atoms with Crippen LogP contribution in [0.2, 0.25) is 0 Å². The molecule has 1 unspecified atom stereocenters. The van der Waals surface area contributed by atoms with Crippen LogP contribution in [0.5, 0.6) is 0 Å². The maximum absolute atomic E-state index is 5.88. The van der Waals surface area contributed by atoms with Gasteiger partial charge in [0.15, 0.2) is 0 Å². The molecule has 1 rings (SSSR count). The zero-order chi connectivity index (χ0) is 11.4. The average Bonchev–Trinajstić information content (AvgIpc) is 2.60. The van der Waals surface area contributed by atoms with Gasteiger partial charge in [-0.25, -0.2) is 0 Å². The van der Waals surface area contributed by atoms with Crippen LogP contribution in [0.3, 0.4) is 0 Å². The van der Waals surface area contributed by atoms with E-state index in [1.54, 1.807) is 11.3 Å². The van der Waals surface area contributed by atoms with E-state index in [0.717, 1.165) is 6.54 Å². The first-order chi connectivity index (χ1) is 7.10. The highest BCUT2D eigenvalue weighted by Crippen LogP contribution is 2.31. The van der Waals surface area contributed by atoms with Crippen LogP contribution in [0.1, 0.15) is 31.7 Å². The quantitative estimate of drug-likeness (QED) is 0.902. The highest BCUT2D eigenvalue weighted by molar-refractivity contribution is 9.11. The minimum Gasteiger partial charge on any atom is -0.329 e. The summed E-state index contributed by atoms with van der Waals surface area (Å²) in [7, 11) is 0. The van der Waals surface area contributed by atoms with E-state index >= 15 is 0 Å². The van der Waals surface area contributed by atoms with E-state index in [0.29, 0.717) is 18.6 Å². The number of nitrogens with zero attached hydrogens (tertiary/aromatic N) is 1. The number of hydrogen-bond donors (Lipinski definition) is 1. The summed E-state index contributed by atoms with van der Waals surface area (Å²) in [5.74, 6) is 0. The zero-order valence-corrected chi connectivity index (χ0v) is 11.9. The molecular weight excluding hydrogens is 272 g/mol. The van der Waals surface area contributed by atoms with Crippen LogP contribution < -0.4 is 5.73 Å². The van der Waals surface area contributed by atoms with E-state index in [9.17, 15) is 0 Å². The third-order valence-corrected chi connectivity index (χ3v) is 4.30. The number of hydrogen-bond acceptors (Lipinski definition) is 3. The van der Waals surface area contributed by atoms with E-state index in [4.69, 9.17) is 5.73 Å². The van der Waals surface area contributed by atoms with Gasteiger partial charge in [0.25, 0.3) is 0 Å². The fourth-order valence-corrected chi connectivity index (χ4v) is 3.43. The molecule has 0 aliphatic rings. The summed E-state index contributed by atoms with van der Waals surface area (Å²) in [5, 5.41) is 0. The van der Waals surface area contributed by atoms with Gasteiger partial charge in [-0.3, -0.25) is 4.90 Å². The maximum atomic E-state index is 5.88. The van der Waals surface area contributed by atoms with Crippen molar-refractivity contribution < 1.29 is 0 Å². The second-order valence-corrected chi connectivity index (χ2v) is 6.31. The van der Waals surface area contributed by atoms with Crippen molar-refractivity contribution in [3.8, 4) is 0 Å². The summed E-state index contributed by atoms with van der Waals surface area (Å²) in [5.41, 5.74) is 5.88. The second-order valence-electron chi connectivity index (χ2n) is 3.82. The summed E-state index contributed by atoms with van der Waals surface area (Å²) in [6, 6.07) is 5.14. The number of thiophene rings is 1. The van der Waals surface area contributed by atoms with E-state index in [1.165, 1.54) is 8.66 Å². The van der Waals surface area contributed by atoms with Gasteiger partial charge in [0, 0.05) is 17.5 Å². The van der Waals surface area contributed by atoms with Gasteiger partial charge in [-0.2, -0.15) is 0 Å². The van der Waals surface area contributed by atoms with Crippen LogP contribution in [-0.2, 0) is 0 Å². The fourth-order valence-electron chi connectivity index (χ4n) is 1.87. The molecule has 2 nitrogen and oxygen atoms in total. The number of rotatable bonds is 5. The molecular formula is C11H19BrN2S. The van der Waals surface area contributed by atoms with Crippen molar-refractivity contribution in [3.05, 3.63) is 20.8 Å². The normalized spacial score (nSPS) is 13.8. The number of likely N-dealkylation sites (N-methyl/N-ethyl adjacent to an activating group) is 1. The lowest BCUT2D eigenvalue weighted by molar-refractivity contribution is 0.169. The van der Waals surface area contributed by atoms with Gasteiger partial charge < -0.3 is 5.73 Å². The Balaban J connectivity index is 2.86. The second kappa shape index (κ2) is 5.99. The molecule has 1 aromatic heterocycles. The third-order valence-electron chi connectivity index (χ3n) is 2.57. The molecule has 0 aliphatic heterocycles. The molecule has 0 aliphatic carbocycles. The van der Waals surface area contributed by atoms with Crippen molar-refractivity contribution in [1.29, 1.82) is 0 Å². The van der Waals surface area contributed by atoms with Gasteiger partial charge in [0.05, 0.1) is 9.83 Å². The van der Waals surface area contributed by atoms with Crippen molar-refractivity contribution in [2.24, 2.45) is 5.73 Å². The van der Waals surface area contributed by atoms with Crippen LogP contribution in [0.15, 0.2) is 15.9 Å². The van der Waals surface area contributed by atoms with Crippen LogP contribution >= 0.6 is 27.3 Å². The summed E-state index contributed by atoms with van der Waals surface area (Å²) in [6.45, 7) is 8.34. The van der Waals surface area contributed by atoms with Gasteiger partial charge in [0.1, 0.15) is 0 Å². The fraction of sp³-hybridized carbons (Fsp3) is 0.636. The summed E-state index contributed by atoms with van der Waals surface area (Å²) in [4.78, 5) is 3.78. The highest BCUT2D eigenvalue weighted by Gasteiger charge is 2.21. The van der Waals surface area contributed by atoms with Gasteiger partial charge in [-0.15, -0.1) is 11.3 Å². The van der Waals surface area contributed by atoms with E-state index < -0.39 is 0 Å². The molecule has 1 atom stereocenters. The molecule has 0 aromatic carbocycles. The minimum absolute atomic E-state index is 0.353. The Morgan fingerprint density at radius 3 is 2.47 bits per heavy atom. The SMILES string of the molecule is CCN(C(C)C)C(CN)c1ccc(Br)s1. The monoisotopic (exact) mass is 290 g/mol. The molecule has 0 saturated heterocycles. The third kappa shape index (κ3) is 3.28. The number of nitrogens with two attached hydrogens (primary N) is 1. The molecule has 0 spiro atoms. The molecule has 15 heavy (non-hydrogen) atoms. The molecule has 86 valence electrons. The van der Waals surface area contributed by atoms with Crippen LogP contribution in [0, 0.1) is 0 Å². The van der Waals surface area contributed by atoms with Gasteiger partial charge in [0.2, 0.25) is 0 Å². The Morgan fingerprint density at radius 1 is 1.47 bits per heavy atom. The van der Waals surface area contributed by atoms with Crippen molar-refractivity contribution >= 4 is 27.3 Å². The first kappa shape index (κ1) is 13.2. The standard InChI is InChI=1S/C11H19BrN2S/c1-4-14(8(2)3)9(7-13)10-5-6-11(12)15-10/h5-6,8-9H,4,7,13H2,1-3H3. The largest absolute Gasteiger partial charge is 0.329 e. The summed E-state index contributed by atoms with van der Waals surface area (Å²) < 4.78 is 1.18. The lowest BCUT2D eigenvalue weighted by Crippen LogP contribution is -2.38. The van der Waals surface area contributed by atoms with Crippen LogP contribution in [0.4, 0.5) is 0 Å². The molecule has 0 bridgehead atoms. The molecule has 0 amide bonds. The van der Waals surface area contributed by atoms with Gasteiger partial charge >= 0.3 is 0 Å². The first-order valence-electron chi connectivity index (χ1n) is 5.31. The van der Waals surface area contributed by atoms with Crippen LogP contribution in [-0.4, -0.2) is 24.0 Å². The van der Waals surface area contributed by atoms with Crippen LogP contribution in [0.25, 0.3) is 0 Å². The summed E-state index contributed by atoms with van der Waals surface area (Å²) >= 11 is 5.27. The van der Waals surface area contributed by atoms with Crippen molar-refractivity contribution in [3.63, 3.8) is 0 Å². The predicted molar refractivity (Wildman–Crippen MR) is 71.3 cm³/mol. The van der Waals surface area contributed by atoms with Crippen molar-refractivity contribution in [2.45, 2.75) is 32.9 Å². The zero-order valence-electron chi connectivity index (χ0n) is 9.53. The van der Waals surface area contributed by atoms with E-state index in [1.807, 2.05) is 0 Å². The smallest absolute Gasteiger partial charge is 0.0702 e. The van der Waals surface area contributed by atoms with Gasteiger partial charge in [-0.1, -0.05) is 6.92 Å². The number of halogens is 1. The molecule has 2 N–H and O–H groups in total. The Labute approximate surface area is 105 Å². The Bertz CT molecular complexity index is 299. The molecule has 0 saturated carbocycles. The highest BCUT2D eigenvalue weighted by atomic mass is 79.9. The molecule has 0 radical (unpaired) electrons. The van der Waals surface area contributed by atoms with Crippen molar-refractivity contribution in [1.82, 2.24) is 4.90 Å². The Morgan fingerprint density at radius 2 is 2.13 bits per heavy atom. The molecule has 4 heteroatoms. The predicted octanol–water partition coefficient (Wildman–Crippen LogP) is 3.24. The van der Waals surface area contributed by atoms with E-state index in [2.05, 4.69) is 53.7 Å².